The molecule has 2 heterocycles. The lowest BCUT2D eigenvalue weighted by Gasteiger charge is -2.46. The van der Waals surface area contributed by atoms with E-state index in [1.807, 2.05) is 11.1 Å². The van der Waals surface area contributed by atoms with Crippen molar-refractivity contribution in [3.8, 4) is 5.75 Å². The van der Waals surface area contributed by atoms with Crippen molar-refractivity contribution < 1.29 is 18.0 Å². The Morgan fingerprint density at radius 2 is 1.75 bits per heavy atom. The van der Waals surface area contributed by atoms with Crippen LogP contribution in [0.5, 0.6) is 5.75 Å². The Kier molecular flexibility index (Phi) is 7.88. The molecule has 7 heteroatoms. The summed E-state index contributed by atoms with van der Waals surface area (Å²) >= 11 is 0. The van der Waals surface area contributed by atoms with Crippen molar-refractivity contribution in [2.24, 2.45) is 5.92 Å². The summed E-state index contributed by atoms with van der Waals surface area (Å²) in [5.74, 6) is 1.40. The van der Waals surface area contributed by atoms with Gasteiger partial charge in [-0.3, -0.25) is 4.90 Å². The first-order valence-electron chi connectivity index (χ1n) is 13.0. The molecule has 0 spiro atoms. The summed E-state index contributed by atoms with van der Waals surface area (Å²) in [7, 11) is 0. The molecule has 2 aliphatic rings. The zero-order chi connectivity index (χ0) is 26.0. The molecule has 0 bridgehead atoms. The largest absolute Gasteiger partial charge is 0.416 e. The molecule has 0 radical (unpaired) electrons. The summed E-state index contributed by atoms with van der Waals surface area (Å²) in [6, 6.07) is 16.2. The van der Waals surface area contributed by atoms with Crippen LogP contribution in [0.3, 0.4) is 0 Å². The Morgan fingerprint density at radius 1 is 1.03 bits per heavy atom. The van der Waals surface area contributed by atoms with Gasteiger partial charge >= 0.3 is 6.18 Å². The lowest BCUT2D eigenvalue weighted by Crippen LogP contribution is -2.54. The highest BCUT2D eigenvalue weighted by molar-refractivity contribution is 5.35. The predicted molar refractivity (Wildman–Crippen MR) is 137 cm³/mol. The van der Waals surface area contributed by atoms with Crippen molar-refractivity contribution in [1.82, 2.24) is 15.3 Å². The number of piperidine rings is 1. The topological polar surface area (TPSA) is 27.7 Å². The summed E-state index contributed by atoms with van der Waals surface area (Å²) in [5.41, 5.74) is 1.66. The van der Waals surface area contributed by atoms with E-state index >= 15 is 0 Å². The van der Waals surface area contributed by atoms with Crippen LogP contribution in [0.4, 0.5) is 13.2 Å². The van der Waals surface area contributed by atoms with E-state index in [2.05, 4.69) is 69.1 Å². The van der Waals surface area contributed by atoms with Crippen LogP contribution in [-0.4, -0.2) is 41.2 Å². The minimum atomic E-state index is -4.42. The minimum Gasteiger partial charge on any atom is -0.378 e. The van der Waals surface area contributed by atoms with E-state index in [1.54, 1.807) is 6.07 Å². The van der Waals surface area contributed by atoms with E-state index in [-0.39, 0.29) is 29.7 Å². The Balaban J connectivity index is 1.71. The number of halogens is 3. The molecule has 3 unspecified atom stereocenters. The highest BCUT2D eigenvalue weighted by Crippen LogP contribution is 2.42. The van der Waals surface area contributed by atoms with Crippen molar-refractivity contribution in [2.75, 3.05) is 13.1 Å². The molecule has 36 heavy (non-hydrogen) atoms. The third kappa shape index (κ3) is 5.66. The number of rotatable bonds is 6. The zero-order valence-corrected chi connectivity index (χ0v) is 21.8. The number of hydrogen-bond donors (Lipinski definition) is 1. The van der Waals surface area contributed by atoms with Gasteiger partial charge in [-0.1, -0.05) is 43.3 Å². The molecule has 1 saturated heterocycles. The van der Waals surface area contributed by atoms with Crippen molar-refractivity contribution in [3.63, 3.8) is 0 Å². The number of likely N-dealkylation sites (tertiary alicyclic amines) is 1. The molecule has 0 aliphatic carbocycles. The van der Waals surface area contributed by atoms with Gasteiger partial charge in [-0.2, -0.15) is 18.2 Å². The Hall–Kier alpha value is -2.67. The second-order valence-electron chi connectivity index (χ2n) is 10.5. The standard InChI is InChI=1S/C29H38F3N3O/c1-19(2)34-16-10-14-25(18-34)33-28-21(4)27(23-11-7-6-8-12-23)20(3)22(5)35(28)36-26-15-9-13-24(17-26)29(30,31)32/h6-9,11-13,15,17,19-20,22,25,27,33H,10,14,16,18H2,1-5H3/t20?,22?,25-,27?/m1/s1. The van der Waals surface area contributed by atoms with Gasteiger partial charge in [-0.25, -0.2) is 0 Å². The van der Waals surface area contributed by atoms with Crippen LogP contribution < -0.4 is 10.2 Å². The molecule has 0 saturated carbocycles. The number of hydrogen-bond acceptors (Lipinski definition) is 4. The van der Waals surface area contributed by atoms with Crippen LogP contribution in [0.15, 0.2) is 66.0 Å². The molecule has 4 nitrogen and oxygen atoms in total. The van der Waals surface area contributed by atoms with Crippen LogP contribution >= 0.6 is 0 Å². The maximum absolute atomic E-state index is 13.4. The lowest BCUT2D eigenvalue weighted by molar-refractivity contribution is -0.138. The third-order valence-electron chi connectivity index (χ3n) is 7.76. The number of nitrogens with zero attached hydrogens (tertiary/aromatic N) is 2. The van der Waals surface area contributed by atoms with Crippen LogP contribution in [0.1, 0.15) is 64.5 Å². The predicted octanol–water partition coefficient (Wildman–Crippen LogP) is 6.82. The van der Waals surface area contributed by atoms with Gasteiger partial charge in [0.05, 0.1) is 11.6 Å². The van der Waals surface area contributed by atoms with Crippen LogP contribution in [0.25, 0.3) is 0 Å². The smallest absolute Gasteiger partial charge is 0.378 e. The molecule has 4 rings (SSSR count). The van der Waals surface area contributed by atoms with Gasteiger partial charge in [0, 0.05) is 24.5 Å². The first kappa shape index (κ1) is 26.4. The molecule has 196 valence electrons. The van der Waals surface area contributed by atoms with E-state index < -0.39 is 11.7 Å². The quantitative estimate of drug-likeness (QED) is 0.470. The normalized spacial score (nSPS) is 25.9. The second kappa shape index (κ2) is 10.8. The van der Waals surface area contributed by atoms with E-state index in [0.717, 1.165) is 49.5 Å². The zero-order valence-electron chi connectivity index (χ0n) is 21.8. The van der Waals surface area contributed by atoms with E-state index in [1.165, 1.54) is 11.6 Å². The first-order chi connectivity index (χ1) is 17.1. The molecule has 2 aromatic rings. The van der Waals surface area contributed by atoms with E-state index in [0.29, 0.717) is 6.04 Å². The number of hydroxylamine groups is 2. The highest BCUT2D eigenvalue weighted by Gasteiger charge is 2.40. The first-order valence-corrected chi connectivity index (χ1v) is 13.0. The fourth-order valence-corrected chi connectivity index (χ4v) is 5.56. The van der Waals surface area contributed by atoms with Gasteiger partial charge in [0.15, 0.2) is 5.75 Å². The number of allylic oxidation sites excluding steroid dienone is 1. The Morgan fingerprint density at radius 3 is 2.42 bits per heavy atom. The Bertz CT molecular complexity index is 1050. The molecule has 4 atom stereocenters. The molecule has 2 aliphatic heterocycles. The van der Waals surface area contributed by atoms with Crippen LogP contribution in [-0.2, 0) is 6.18 Å². The van der Waals surface area contributed by atoms with Crippen LogP contribution in [0.2, 0.25) is 0 Å². The summed E-state index contributed by atoms with van der Waals surface area (Å²) in [6.07, 6.45) is -2.28. The van der Waals surface area contributed by atoms with Crippen molar-refractivity contribution in [2.45, 2.75) is 77.7 Å². The molecule has 1 fully saturated rings. The number of alkyl halides is 3. The van der Waals surface area contributed by atoms with Gasteiger partial charge in [-0.05, 0) is 82.3 Å². The minimum absolute atomic E-state index is 0.0688. The molecular formula is C29H38F3N3O. The Labute approximate surface area is 213 Å². The number of benzene rings is 2. The fraction of sp³-hybridized carbons (Fsp3) is 0.517. The molecule has 2 aromatic carbocycles. The van der Waals surface area contributed by atoms with Gasteiger partial charge < -0.3 is 10.2 Å². The van der Waals surface area contributed by atoms with Gasteiger partial charge in [-0.15, -0.1) is 0 Å². The number of nitrogens with one attached hydrogen (secondary N) is 1. The molecular weight excluding hydrogens is 463 g/mol. The van der Waals surface area contributed by atoms with E-state index in [9.17, 15) is 13.2 Å². The monoisotopic (exact) mass is 501 g/mol. The van der Waals surface area contributed by atoms with Crippen molar-refractivity contribution >= 4 is 0 Å². The molecule has 0 amide bonds. The second-order valence-corrected chi connectivity index (χ2v) is 10.5. The maximum atomic E-state index is 13.4. The summed E-state index contributed by atoms with van der Waals surface area (Å²) in [6.45, 7) is 12.8. The third-order valence-corrected chi connectivity index (χ3v) is 7.76. The summed E-state index contributed by atoms with van der Waals surface area (Å²) < 4.78 is 40.1. The van der Waals surface area contributed by atoms with Crippen LogP contribution in [0, 0.1) is 5.92 Å². The summed E-state index contributed by atoms with van der Waals surface area (Å²) in [5, 5.41) is 5.58. The SMILES string of the molecule is CC1=C(N[C@@H]2CCCN(C(C)C)C2)N(Oc2cccc(C(F)(F)F)c2)C(C)C(C)C1c1ccccc1. The maximum Gasteiger partial charge on any atom is 0.416 e. The lowest BCUT2D eigenvalue weighted by atomic mass is 9.76. The van der Waals surface area contributed by atoms with Crippen molar-refractivity contribution in [1.29, 1.82) is 0 Å². The highest BCUT2D eigenvalue weighted by atomic mass is 19.4. The fourth-order valence-electron chi connectivity index (χ4n) is 5.56. The average Bonchev–Trinajstić information content (AvgIpc) is 2.85. The van der Waals surface area contributed by atoms with Gasteiger partial charge in [0.25, 0.3) is 0 Å². The molecule has 0 aromatic heterocycles. The summed E-state index contributed by atoms with van der Waals surface area (Å²) in [4.78, 5) is 8.73. The van der Waals surface area contributed by atoms with Gasteiger partial charge in [0.2, 0.25) is 0 Å². The van der Waals surface area contributed by atoms with Gasteiger partial charge in [0.1, 0.15) is 5.82 Å². The average molecular weight is 502 g/mol. The van der Waals surface area contributed by atoms with E-state index in [4.69, 9.17) is 4.84 Å². The molecule has 1 N–H and O–H groups in total. The van der Waals surface area contributed by atoms with Crippen molar-refractivity contribution in [3.05, 3.63) is 77.1 Å².